The van der Waals surface area contributed by atoms with Gasteiger partial charge in [-0.3, -0.25) is 9.69 Å². The molecule has 0 aromatic carbocycles. The Kier molecular flexibility index (Phi) is 4.70. The minimum atomic E-state index is 0.0480. The highest BCUT2D eigenvalue weighted by Crippen LogP contribution is 2.24. The van der Waals surface area contributed by atoms with Gasteiger partial charge in [-0.05, 0) is 24.3 Å². The second-order valence-electron chi connectivity index (χ2n) is 5.03. The first-order valence-corrected chi connectivity index (χ1v) is 7.61. The van der Waals surface area contributed by atoms with Gasteiger partial charge in [0.1, 0.15) is 6.04 Å². The zero-order chi connectivity index (χ0) is 12.3. The van der Waals surface area contributed by atoms with E-state index in [1.54, 1.807) is 4.90 Å². The Morgan fingerprint density at radius 1 is 1.35 bits per heavy atom. The van der Waals surface area contributed by atoms with Crippen molar-refractivity contribution in [3.05, 3.63) is 0 Å². The molecule has 0 aromatic rings. The van der Waals surface area contributed by atoms with E-state index in [1.807, 2.05) is 25.9 Å². The quantitative estimate of drug-likeness (QED) is 0.769. The van der Waals surface area contributed by atoms with E-state index in [-0.39, 0.29) is 11.9 Å². The zero-order valence-electron chi connectivity index (χ0n) is 10.8. The molecule has 2 fully saturated rings. The van der Waals surface area contributed by atoms with E-state index in [2.05, 4.69) is 10.2 Å². The van der Waals surface area contributed by atoms with Crippen LogP contribution in [0.15, 0.2) is 0 Å². The molecule has 2 saturated heterocycles. The average molecular weight is 257 g/mol. The number of likely N-dealkylation sites (N-methyl/N-ethyl adjacent to an activating group) is 1. The molecule has 17 heavy (non-hydrogen) atoms. The minimum Gasteiger partial charge on any atom is -0.347 e. The van der Waals surface area contributed by atoms with E-state index < -0.39 is 0 Å². The van der Waals surface area contributed by atoms with Crippen LogP contribution in [0.1, 0.15) is 12.8 Å². The molecule has 0 aliphatic carbocycles. The lowest BCUT2D eigenvalue weighted by Crippen LogP contribution is -2.60. The number of hydrogen-bond acceptors (Lipinski definition) is 4. The van der Waals surface area contributed by atoms with Gasteiger partial charge in [-0.2, -0.15) is 11.8 Å². The Bertz CT molecular complexity index is 266. The standard InChI is InChI=1S/C12H23N3OS/c1-14(2)12(16)11-9-13-5-6-15(11)10-3-7-17-8-4-10/h10-11,13H,3-9H2,1-2H3. The molecule has 2 aliphatic rings. The van der Waals surface area contributed by atoms with Crippen molar-refractivity contribution in [1.82, 2.24) is 15.1 Å². The van der Waals surface area contributed by atoms with Crippen LogP contribution in [0.4, 0.5) is 0 Å². The fourth-order valence-electron chi connectivity index (χ4n) is 2.70. The van der Waals surface area contributed by atoms with Gasteiger partial charge in [0.05, 0.1) is 0 Å². The number of nitrogens with zero attached hydrogens (tertiary/aromatic N) is 2. The van der Waals surface area contributed by atoms with Crippen molar-refractivity contribution in [1.29, 1.82) is 0 Å². The van der Waals surface area contributed by atoms with Crippen molar-refractivity contribution < 1.29 is 4.79 Å². The normalized spacial score (nSPS) is 28.0. The van der Waals surface area contributed by atoms with Crippen LogP contribution in [0.3, 0.4) is 0 Å². The first-order chi connectivity index (χ1) is 8.20. The minimum absolute atomic E-state index is 0.0480. The van der Waals surface area contributed by atoms with Crippen LogP contribution in [-0.4, -0.2) is 73.0 Å². The monoisotopic (exact) mass is 257 g/mol. The van der Waals surface area contributed by atoms with E-state index in [9.17, 15) is 4.79 Å². The highest BCUT2D eigenvalue weighted by Gasteiger charge is 2.34. The smallest absolute Gasteiger partial charge is 0.240 e. The van der Waals surface area contributed by atoms with Crippen molar-refractivity contribution in [3.63, 3.8) is 0 Å². The fourth-order valence-corrected chi connectivity index (χ4v) is 3.78. The second-order valence-corrected chi connectivity index (χ2v) is 6.26. The Morgan fingerprint density at radius 2 is 2.06 bits per heavy atom. The number of carbonyl (C=O) groups excluding carboxylic acids is 1. The zero-order valence-corrected chi connectivity index (χ0v) is 11.6. The average Bonchev–Trinajstić information content (AvgIpc) is 2.39. The third kappa shape index (κ3) is 3.14. The molecule has 98 valence electrons. The van der Waals surface area contributed by atoms with Gasteiger partial charge in [-0.15, -0.1) is 0 Å². The molecule has 0 saturated carbocycles. The van der Waals surface area contributed by atoms with Gasteiger partial charge in [0.25, 0.3) is 0 Å². The predicted molar refractivity (Wildman–Crippen MR) is 72.4 cm³/mol. The van der Waals surface area contributed by atoms with E-state index >= 15 is 0 Å². The molecule has 2 aliphatic heterocycles. The Balaban J connectivity index is 2.03. The van der Waals surface area contributed by atoms with Gasteiger partial charge < -0.3 is 10.2 Å². The summed E-state index contributed by atoms with van der Waals surface area (Å²) in [5, 5.41) is 3.35. The molecular weight excluding hydrogens is 234 g/mol. The largest absolute Gasteiger partial charge is 0.347 e. The number of thioether (sulfide) groups is 1. The second kappa shape index (κ2) is 6.07. The van der Waals surface area contributed by atoms with Crippen molar-refractivity contribution in [2.45, 2.75) is 24.9 Å². The number of amides is 1. The Morgan fingerprint density at radius 3 is 2.71 bits per heavy atom. The summed E-state index contributed by atoms with van der Waals surface area (Å²) in [4.78, 5) is 16.4. The first kappa shape index (κ1) is 13.2. The van der Waals surface area contributed by atoms with Crippen LogP contribution >= 0.6 is 11.8 Å². The van der Waals surface area contributed by atoms with Gasteiger partial charge in [-0.1, -0.05) is 0 Å². The van der Waals surface area contributed by atoms with Crippen molar-refractivity contribution in [2.75, 3.05) is 45.2 Å². The van der Waals surface area contributed by atoms with Crippen LogP contribution in [-0.2, 0) is 4.79 Å². The molecule has 0 bridgehead atoms. The van der Waals surface area contributed by atoms with E-state index in [4.69, 9.17) is 0 Å². The molecule has 4 nitrogen and oxygen atoms in total. The summed E-state index contributed by atoms with van der Waals surface area (Å²) in [6.07, 6.45) is 2.48. The number of nitrogens with one attached hydrogen (secondary N) is 1. The number of hydrogen-bond donors (Lipinski definition) is 1. The molecule has 2 rings (SSSR count). The highest BCUT2D eigenvalue weighted by molar-refractivity contribution is 7.99. The van der Waals surface area contributed by atoms with E-state index in [1.165, 1.54) is 24.3 Å². The van der Waals surface area contributed by atoms with Crippen molar-refractivity contribution >= 4 is 17.7 Å². The number of piperazine rings is 1. The maximum Gasteiger partial charge on any atom is 0.240 e. The molecule has 2 heterocycles. The van der Waals surface area contributed by atoms with E-state index in [0.717, 1.165) is 19.6 Å². The SMILES string of the molecule is CN(C)C(=O)C1CNCCN1C1CCSCC1. The van der Waals surface area contributed by atoms with Crippen LogP contribution in [0.2, 0.25) is 0 Å². The summed E-state index contributed by atoms with van der Waals surface area (Å²) < 4.78 is 0. The van der Waals surface area contributed by atoms with E-state index in [0.29, 0.717) is 6.04 Å². The highest BCUT2D eigenvalue weighted by atomic mass is 32.2. The summed E-state index contributed by atoms with van der Waals surface area (Å²) in [6.45, 7) is 2.83. The Labute approximate surface area is 108 Å². The van der Waals surface area contributed by atoms with Crippen molar-refractivity contribution in [3.8, 4) is 0 Å². The topological polar surface area (TPSA) is 35.6 Å². The van der Waals surface area contributed by atoms with Crippen LogP contribution in [0.5, 0.6) is 0 Å². The summed E-state index contributed by atoms with van der Waals surface area (Å²) in [7, 11) is 3.71. The molecule has 5 heteroatoms. The first-order valence-electron chi connectivity index (χ1n) is 6.45. The lowest BCUT2D eigenvalue weighted by Gasteiger charge is -2.42. The van der Waals surface area contributed by atoms with Gasteiger partial charge >= 0.3 is 0 Å². The number of rotatable bonds is 2. The molecule has 0 radical (unpaired) electrons. The van der Waals surface area contributed by atoms with Crippen LogP contribution < -0.4 is 5.32 Å². The lowest BCUT2D eigenvalue weighted by molar-refractivity contribution is -0.136. The summed E-state index contributed by atoms with van der Waals surface area (Å²) >= 11 is 2.04. The lowest BCUT2D eigenvalue weighted by atomic mass is 10.0. The van der Waals surface area contributed by atoms with Gasteiger partial charge in [0.15, 0.2) is 0 Å². The fraction of sp³-hybridized carbons (Fsp3) is 0.917. The third-order valence-electron chi connectivity index (χ3n) is 3.67. The van der Waals surface area contributed by atoms with Crippen molar-refractivity contribution in [2.24, 2.45) is 0 Å². The van der Waals surface area contributed by atoms with Crippen LogP contribution in [0.25, 0.3) is 0 Å². The summed E-state index contributed by atoms with van der Waals surface area (Å²) in [5.74, 6) is 2.74. The predicted octanol–water partition coefficient (Wildman–Crippen LogP) is 0.244. The number of carbonyl (C=O) groups is 1. The molecule has 0 spiro atoms. The Hall–Kier alpha value is -0.260. The van der Waals surface area contributed by atoms with Gasteiger partial charge in [0, 0.05) is 39.8 Å². The molecule has 1 unspecified atom stereocenters. The molecular formula is C12H23N3OS. The maximum atomic E-state index is 12.2. The van der Waals surface area contributed by atoms with Crippen LogP contribution in [0, 0.1) is 0 Å². The maximum absolute atomic E-state index is 12.2. The van der Waals surface area contributed by atoms with Gasteiger partial charge in [0.2, 0.25) is 5.91 Å². The molecule has 1 atom stereocenters. The van der Waals surface area contributed by atoms with Gasteiger partial charge in [-0.25, -0.2) is 0 Å². The third-order valence-corrected chi connectivity index (χ3v) is 4.72. The summed E-state index contributed by atoms with van der Waals surface area (Å²) in [5.41, 5.74) is 0. The summed E-state index contributed by atoms with van der Waals surface area (Å²) in [6, 6.07) is 0.666. The molecule has 0 aromatic heterocycles. The molecule has 1 N–H and O–H groups in total. The molecule has 1 amide bonds.